The molecule has 1 aromatic rings. The van der Waals surface area contributed by atoms with Gasteiger partial charge in [0, 0.05) is 25.2 Å². The van der Waals surface area contributed by atoms with Crippen molar-refractivity contribution in [3.05, 3.63) is 11.9 Å². The Hall–Kier alpha value is -0.900. The van der Waals surface area contributed by atoms with E-state index in [9.17, 15) is 0 Å². The first-order valence-electron chi connectivity index (χ1n) is 6.02. The zero-order valence-electron chi connectivity index (χ0n) is 9.02. The van der Waals surface area contributed by atoms with Gasteiger partial charge in [0.2, 0.25) is 0 Å². The van der Waals surface area contributed by atoms with Gasteiger partial charge in [0.25, 0.3) is 0 Å². The second kappa shape index (κ2) is 3.93. The van der Waals surface area contributed by atoms with Crippen LogP contribution in [0.2, 0.25) is 0 Å². The standard InChI is InChI=1S/C11H18N4/c1-2-10(12-5-1)6-11-8-15(14-13-11)7-9-3-4-9/h8-10,12H,1-7H2. The number of hydrogen-bond acceptors (Lipinski definition) is 3. The fourth-order valence-electron chi connectivity index (χ4n) is 2.27. The van der Waals surface area contributed by atoms with Gasteiger partial charge in [-0.2, -0.15) is 0 Å². The van der Waals surface area contributed by atoms with Crippen molar-refractivity contribution in [2.45, 2.75) is 44.7 Å². The van der Waals surface area contributed by atoms with E-state index < -0.39 is 0 Å². The third-order valence-corrected chi connectivity index (χ3v) is 3.35. The first-order valence-corrected chi connectivity index (χ1v) is 6.02. The highest BCUT2D eigenvalue weighted by Crippen LogP contribution is 2.30. The maximum absolute atomic E-state index is 4.23. The molecule has 1 saturated heterocycles. The molecule has 2 heterocycles. The van der Waals surface area contributed by atoms with E-state index in [0.717, 1.165) is 24.6 Å². The normalized spacial score (nSPS) is 26.0. The maximum atomic E-state index is 4.23. The molecule has 2 fully saturated rings. The summed E-state index contributed by atoms with van der Waals surface area (Å²) < 4.78 is 2.02. The SMILES string of the molecule is c1c(CC2CCCN2)nnn1CC1CC1. The molecule has 0 radical (unpaired) electrons. The smallest absolute Gasteiger partial charge is 0.0842 e. The predicted molar refractivity (Wildman–Crippen MR) is 57.5 cm³/mol. The molecule has 15 heavy (non-hydrogen) atoms. The van der Waals surface area contributed by atoms with Crippen LogP contribution in [0.1, 0.15) is 31.4 Å². The lowest BCUT2D eigenvalue weighted by Crippen LogP contribution is -2.23. The van der Waals surface area contributed by atoms with Gasteiger partial charge in [-0.25, -0.2) is 0 Å². The molecule has 0 amide bonds. The van der Waals surface area contributed by atoms with Crippen molar-refractivity contribution in [3.63, 3.8) is 0 Å². The van der Waals surface area contributed by atoms with Crippen LogP contribution < -0.4 is 5.32 Å². The Kier molecular flexibility index (Phi) is 2.44. The number of aromatic nitrogens is 3. The number of rotatable bonds is 4. The minimum absolute atomic E-state index is 0.635. The van der Waals surface area contributed by atoms with Crippen molar-refractivity contribution >= 4 is 0 Å². The van der Waals surface area contributed by atoms with Crippen molar-refractivity contribution < 1.29 is 0 Å². The van der Waals surface area contributed by atoms with Gasteiger partial charge < -0.3 is 5.32 Å². The van der Waals surface area contributed by atoms with E-state index in [0.29, 0.717) is 6.04 Å². The summed E-state index contributed by atoms with van der Waals surface area (Å²) >= 11 is 0. The molecule has 4 nitrogen and oxygen atoms in total. The predicted octanol–water partition coefficient (Wildman–Crippen LogP) is 0.983. The topological polar surface area (TPSA) is 42.7 Å². The Balaban J connectivity index is 1.57. The second-order valence-electron chi connectivity index (χ2n) is 4.87. The van der Waals surface area contributed by atoms with Crippen LogP contribution in [0, 0.1) is 5.92 Å². The van der Waals surface area contributed by atoms with Crippen LogP contribution in [0.3, 0.4) is 0 Å². The largest absolute Gasteiger partial charge is 0.314 e. The van der Waals surface area contributed by atoms with E-state index in [1.165, 1.54) is 32.2 Å². The fourth-order valence-corrected chi connectivity index (χ4v) is 2.27. The van der Waals surface area contributed by atoms with Crippen molar-refractivity contribution in [2.24, 2.45) is 5.92 Å². The Morgan fingerprint density at radius 2 is 2.33 bits per heavy atom. The monoisotopic (exact) mass is 206 g/mol. The summed E-state index contributed by atoms with van der Waals surface area (Å²) in [4.78, 5) is 0. The molecule has 1 aromatic heterocycles. The van der Waals surface area contributed by atoms with Crippen LogP contribution in [0.4, 0.5) is 0 Å². The van der Waals surface area contributed by atoms with Crippen molar-refractivity contribution in [2.75, 3.05) is 6.54 Å². The van der Waals surface area contributed by atoms with E-state index in [4.69, 9.17) is 0 Å². The third kappa shape index (κ3) is 2.37. The minimum Gasteiger partial charge on any atom is -0.314 e. The molecule has 2 aliphatic rings. The molecule has 1 aliphatic heterocycles. The quantitative estimate of drug-likeness (QED) is 0.798. The number of nitrogens with one attached hydrogen (secondary N) is 1. The van der Waals surface area contributed by atoms with Gasteiger partial charge in [-0.05, 0) is 38.1 Å². The van der Waals surface area contributed by atoms with Gasteiger partial charge >= 0.3 is 0 Å². The van der Waals surface area contributed by atoms with Crippen LogP contribution in [0.5, 0.6) is 0 Å². The average Bonchev–Trinajstić information content (AvgIpc) is 2.74. The average molecular weight is 206 g/mol. The van der Waals surface area contributed by atoms with E-state index in [-0.39, 0.29) is 0 Å². The molecular weight excluding hydrogens is 188 g/mol. The summed E-state index contributed by atoms with van der Waals surface area (Å²) in [6.07, 6.45) is 8.51. The fraction of sp³-hybridized carbons (Fsp3) is 0.818. The van der Waals surface area contributed by atoms with Crippen LogP contribution >= 0.6 is 0 Å². The van der Waals surface area contributed by atoms with Gasteiger partial charge in [0.1, 0.15) is 0 Å². The molecule has 3 rings (SSSR count). The summed E-state index contributed by atoms with van der Waals surface area (Å²) in [6.45, 7) is 2.24. The lowest BCUT2D eigenvalue weighted by atomic mass is 10.1. The van der Waals surface area contributed by atoms with Gasteiger partial charge in [-0.3, -0.25) is 4.68 Å². The van der Waals surface area contributed by atoms with Gasteiger partial charge in [0.05, 0.1) is 5.69 Å². The molecule has 0 spiro atoms. The van der Waals surface area contributed by atoms with Crippen LogP contribution in [-0.2, 0) is 13.0 Å². The summed E-state index contributed by atoms with van der Waals surface area (Å²) in [5.41, 5.74) is 1.15. The first-order chi connectivity index (χ1) is 7.40. The Morgan fingerprint density at radius 3 is 3.07 bits per heavy atom. The molecule has 82 valence electrons. The van der Waals surface area contributed by atoms with Gasteiger partial charge in [-0.1, -0.05) is 5.21 Å². The highest BCUT2D eigenvalue weighted by atomic mass is 15.4. The molecule has 4 heteroatoms. The first kappa shape index (κ1) is 9.33. The van der Waals surface area contributed by atoms with Gasteiger partial charge in [0.15, 0.2) is 0 Å². The molecule has 1 aliphatic carbocycles. The number of nitrogens with zero attached hydrogens (tertiary/aromatic N) is 3. The van der Waals surface area contributed by atoms with E-state index in [1.807, 2.05) is 4.68 Å². The molecule has 1 unspecified atom stereocenters. The summed E-state index contributed by atoms with van der Waals surface area (Å²) in [5, 5.41) is 11.9. The third-order valence-electron chi connectivity index (χ3n) is 3.35. The van der Waals surface area contributed by atoms with Crippen LogP contribution in [0.15, 0.2) is 6.20 Å². The van der Waals surface area contributed by atoms with Gasteiger partial charge in [-0.15, -0.1) is 5.10 Å². The summed E-state index contributed by atoms with van der Waals surface area (Å²) in [6, 6.07) is 0.635. The molecule has 0 aromatic carbocycles. The molecule has 1 atom stereocenters. The zero-order valence-corrected chi connectivity index (χ0v) is 9.02. The Bertz CT molecular complexity index is 323. The van der Waals surface area contributed by atoms with Crippen molar-refractivity contribution in [3.8, 4) is 0 Å². The van der Waals surface area contributed by atoms with Crippen molar-refractivity contribution in [1.29, 1.82) is 0 Å². The highest BCUT2D eigenvalue weighted by molar-refractivity contribution is 4.97. The van der Waals surface area contributed by atoms with Crippen molar-refractivity contribution in [1.82, 2.24) is 20.3 Å². The van der Waals surface area contributed by atoms with E-state index in [2.05, 4.69) is 21.8 Å². The summed E-state index contributed by atoms with van der Waals surface area (Å²) in [7, 11) is 0. The lowest BCUT2D eigenvalue weighted by Gasteiger charge is -2.05. The molecule has 0 bridgehead atoms. The zero-order chi connectivity index (χ0) is 10.1. The Labute approximate surface area is 90.0 Å². The lowest BCUT2D eigenvalue weighted by molar-refractivity contribution is 0.544. The summed E-state index contributed by atoms with van der Waals surface area (Å²) in [5.74, 6) is 0.879. The maximum Gasteiger partial charge on any atom is 0.0842 e. The van der Waals surface area contributed by atoms with E-state index >= 15 is 0 Å². The molecule has 1 saturated carbocycles. The molecule has 1 N–H and O–H groups in total. The van der Waals surface area contributed by atoms with E-state index in [1.54, 1.807) is 0 Å². The van der Waals surface area contributed by atoms with Crippen LogP contribution in [0.25, 0.3) is 0 Å². The number of hydrogen-bond donors (Lipinski definition) is 1. The van der Waals surface area contributed by atoms with Crippen LogP contribution in [-0.4, -0.2) is 27.6 Å². The second-order valence-corrected chi connectivity index (χ2v) is 4.87. The Morgan fingerprint density at radius 1 is 1.40 bits per heavy atom. The minimum atomic E-state index is 0.635. The highest BCUT2D eigenvalue weighted by Gasteiger charge is 2.22. The molecular formula is C11H18N4.